The van der Waals surface area contributed by atoms with E-state index in [-0.39, 0.29) is 5.91 Å². The van der Waals surface area contributed by atoms with Crippen LogP contribution >= 0.6 is 0 Å². The maximum absolute atomic E-state index is 14.5. The van der Waals surface area contributed by atoms with Crippen molar-refractivity contribution in [1.82, 2.24) is 29.4 Å². The monoisotopic (exact) mass is 738 g/mol. The summed E-state index contributed by atoms with van der Waals surface area (Å²) in [5, 5.41) is 4.60. The number of carbonyl (C=O) groups is 1. The maximum Gasteiger partial charge on any atom is 0.261 e. The predicted molar refractivity (Wildman–Crippen MR) is 212 cm³/mol. The summed E-state index contributed by atoms with van der Waals surface area (Å²) in [5.41, 5.74) is 8.13. The summed E-state index contributed by atoms with van der Waals surface area (Å²) < 4.78 is 19.2. The molecule has 1 aliphatic carbocycles. The summed E-state index contributed by atoms with van der Waals surface area (Å²) in [4.78, 5) is 38.1. The van der Waals surface area contributed by atoms with Crippen LogP contribution in [0.25, 0.3) is 21.9 Å². The molecule has 6 aromatic rings. The van der Waals surface area contributed by atoms with Crippen LogP contribution in [0.3, 0.4) is 0 Å². The standard InChI is InChI=1S/C43H46N8O4/c1-49-15-13-28(14-16-49)42-48-36-12-9-31(18-38(36)50(42)2)51(43(52)30-21-44-40(45-22-30)27-6-7-27)23-26-5-11-33-34-24-55-25-35(34)41(47-37(33)17-26)46-20-29-8-10-32(53-3)19-39(29)54-4/h5,8-12,17-19,21-22,27-28H,6-7,13-16,20,23-25H2,1-4H3,(H,46,47). The summed E-state index contributed by atoms with van der Waals surface area (Å²) in [6.45, 7) is 3.97. The number of nitrogens with one attached hydrogen (secondary N) is 1. The number of hydrogen-bond donors (Lipinski definition) is 1. The highest BCUT2D eigenvalue weighted by Gasteiger charge is 2.29. The third kappa shape index (κ3) is 6.85. The molecule has 3 aromatic carbocycles. The molecule has 282 valence electrons. The number of aromatic nitrogens is 5. The number of imidazole rings is 1. The summed E-state index contributed by atoms with van der Waals surface area (Å²) >= 11 is 0. The molecule has 0 spiro atoms. The number of carbonyl (C=O) groups excluding carboxylic acids is 1. The quantitative estimate of drug-likeness (QED) is 0.147. The van der Waals surface area contributed by atoms with Crippen LogP contribution in [-0.4, -0.2) is 69.7 Å². The van der Waals surface area contributed by atoms with Crippen LogP contribution in [0.1, 0.15) is 81.8 Å². The highest BCUT2D eigenvalue weighted by atomic mass is 16.5. The van der Waals surface area contributed by atoms with Gasteiger partial charge in [0.1, 0.15) is 29.0 Å². The number of fused-ring (bicyclic) bond motifs is 4. The van der Waals surface area contributed by atoms with Crippen molar-refractivity contribution < 1.29 is 19.0 Å². The van der Waals surface area contributed by atoms with E-state index in [0.29, 0.717) is 43.7 Å². The third-order valence-corrected chi connectivity index (χ3v) is 11.4. The van der Waals surface area contributed by atoms with Gasteiger partial charge in [-0.15, -0.1) is 0 Å². The number of amides is 1. The molecule has 12 heteroatoms. The van der Waals surface area contributed by atoms with E-state index in [2.05, 4.69) is 63.1 Å². The van der Waals surface area contributed by atoms with E-state index in [1.54, 1.807) is 26.6 Å². The van der Waals surface area contributed by atoms with Crippen LogP contribution in [0.5, 0.6) is 11.5 Å². The topological polar surface area (TPSA) is 120 Å². The van der Waals surface area contributed by atoms with Gasteiger partial charge in [-0.25, -0.2) is 19.9 Å². The zero-order valence-corrected chi connectivity index (χ0v) is 31.8. The lowest BCUT2D eigenvalue weighted by Crippen LogP contribution is -2.31. The zero-order valence-electron chi connectivity index (χ0n) is 31.8. The van der Waals surface area contributed by atoms with Crippen LogP contribution in [0.4, 0.5) is 11.5 Å². The lowest BCUT2D eigenvalue weighted by atomic mass is 9.96. The molecule has 3 aromatic heterocycles. The van der Waals surface area contributed by atoms with Crippen molar-refractivity contribution in [2.75, 3.05) is 44.6 Å². The zero-order chi connectivity index (χ0) is 37.6. The Hall–Kier alpha value is -5.59. The van der Waals surface area contributed by atoms with Crippen molar-refractivity contribution in [3.63, 3.8) is 0 Å². The minimum absolute atomic E-state index is 0.161. The van der Waals surface area contributed by atoms with Gasteiger partial charge in [-0.05, 0) is 93.3 Å². The van der Waals surface area contributed by atoms with Crippen molar-refractivity contribution in [2.24, 2.45) is 7.05 Å². The van der Waals surface area contributed by atoms with E-state index in [4.69, 9.17) is 24.2 Å². The molecule has 1 amide bonds. The van der Waals surface area contributed by atoms with E-state index in [9.17, 15) is 4.79 Å². The predicted octanol–water partition coefficient (Wildman–Crippen LogP) is 7.10. The molecule has 12 nitrogen and oxygen atoms in total. The number of hydrogen-bond acceptors (Lipinski definition) is 10. The fourth-order valence-electron chi connectivity index (χ4n) is 8.03. The van der Waals surface area contributed by atoms with Gasteiger partial charge in [0.2, 0.25) is 0 Å². The SMILES string of the molecule is COc1ccc(CNc2nc3cc(CN(C(=O)c4cnc(C5CC5)nc4)c4ccc5nc(C6CCN(C)CC6)n(C)c5c4)ccc3c3c2COC3)c(OC)c1. The molecule has 1 N–H and O–H groups in total. The number of aryl methyl sites for hydroxylation is 1. The lowest BCUT2D eigenvalue weighted by molar-refractivity contribution is 0.0984. The Kier molecular flexibility index (Phi) is 9.31. The molecular weight excluding hydrogens is 693 g/mol. The van der Waals surface area contributed by atoms with Gasteiger partial charge in [-0.3, -0.25) is 4.79 Å². The molecule has 55 heavy (non-hydrogen) atoms. The molecule has 3 aliphatic rings. The largest absolute Gasteiger partial charge is 0.497 e. The average molecular weight is 739 g/mol. The maximum atomic E-state index is 14.5. The van der Waals surface area contributed by atoms with Gasteiger partial charge in [0.15, 0.2) is 0 Å². The fourth-order valence-corrected chi connectivity index (χ4v) is 8.03. The van der Waals surface area contributed by atoms with Crippen LogP contribution in [0, 0.1) is 0 Å². The van der Waals surface area contributed by atoms with E-state index < -0.39 is 0 Å². The second kappa shape index (κ2) is 14.6. The Labute approximate surface area is 320 Å². The highest BCUT2D eigenvalue weighted by Crippen LogP contribution is 2.38. The van der Waals surface area contributed by atoms with Crippen LogP contribution in [-0.2, 0) is 38.1 Å². The Morgan fingerprint density at radius 1 is 0.873 bits per heavy atom. The van der Waals surface area contributed by atoms with Crippen molar-refractivity contribution in [3.05, 3.63) is 106 Å². The van der Waals surface area contributed by atoms with Gasteiger partial charge >= 0.3 is 0 Å². The Balaban J connectivity index is 1.06. The lowest BCUT2D eigenvalue weighted by Gasteiger charge is -2.28. The Bertz CT molecular complexity index is 2400. The summed E-state index contributed by atoms with van der Waals surface area (Å²) in [6.07, 6.45) is 7.72. The molecule has 0 atom stereocenters. The molecular formula is C43H46N8O4. The molecule has 0 unspecified atom stereocenters. The molecule has 0 radical (unpaired) electrons. The van der Waals surface area contributed by atoms with Crippen LogP contribution in [0.15, 0.2) is 67.0 Å². The minimum Gasteiger partial charge on any atom is -0.497 e. The van der Waals surface area contributed by atoms with Crippen molar-refractivity contribution in [1.29, 1.82) is 0 Å². The number of nitrogens with zero attached hydrogens (tertiary/aromatic N) is 7. The second-order valence-corrected chi connectivity index (χ2v) is 15.1. The van der Waals surface area contributed by atoms with Gasteiger partial charge in [-0.2, -0.15) is 0 Å². The Morgan fingerprint density at radius 3 is 2.44 bits per heavy atom. The average Bonchev–Trinajstić information content (AvgIpc) is 3.86. The summed E-state index contributed by atoms with van der Waals surface area (Å²) in [6, 6.07) is 18.2. The smallest absolute Gasteiger partial charge is 0.261 e. The number of benzene rings is 3. The number of ether oxygens (including phenoxy) is 3. The normalized spacial score (nSPS) is 16.1. The first-order valence-corrected chi connectivity index (χ1v) is 19.1. The molecule has 2 fully saturated rings. The summed E-state index contributed by atoms with van der Waals surface area (Å²) in [7, 11) is 7.57. The van der Waals surface area contributed by atoms with E-state index in [1.807, 2.05) is 35.2 Å². The first kappa shape index (κ1) is 35.1. The molecule has 9 rings (SSSR count). The first-order valence-electron chi connectivity index (χ1n) is 19.1. The first-order chi connectivity index (χ1) is 26.9. The van der Waals surface area contributed by atoms with Gasteiger partial charge in [0, 0.05) is 66.1 Å². The number of pyridine rings is 1. The summed E-state index contributed by atoms with van der Waals surface area (Å²) in [5.74, 6) is 4.82. The molecule has 0 bridgehead atoms. The molecule has 2 aliphatic heterocycles. The van der Waals surface area contributed by atoms with Crippen molar-refractivity contribution >= 4 is 39.3 Å². The van der Waals surface area contributed by atoms with E-state index in [0.717, 1.165) is 118 Å². The van der Waals surface area contributed by atoms with Crippen LogP contribution < -0.4 is 19.7 Å². The number of anilines is 2. The van der Waals surface area contributed by atoms with Crippen molar-refractivity contribution in [3.8, 4) is 11.5 Å². The van der Waals surface area contributed by atoms with E-state index >= 15 is 0 Å². The van der Waals surface area contributed by atoms with Crippen LogP contribution in [0.2, 0.25) is 0 Å². The van der Waals surface area contributed by atoms with Gasteiger partial charge in [0.05, 0.1) is 56.1 Å². The highest BCUT2D eigenvalue weighted by molar-refractivity contribution is 6.06. The number of likely N-dealkylation sites (tertiary alicyclic amines) is 1. The Morgan fingerprint density at radius 2 is 1.67 bits per heavy atom. The second-order valence-electron chi connectivity index (χ2n) is 15.1. The number of rotatable bonds is 11. The van der Waals surface area contributed by atoms with Gasteiger partial charge < -0.3 is 33.9 Å². The number of piperidine rings is 1. The van der Waals surface area contributed by atoms with Gasteiger partial charge in [-0.1, -0.05) is 12.1 Å². The molecule has 5 heterocycles. The van der Waals surface area contributed by atoms with E-state index in [1.165, 1.54) is 0 Å². The minimum atomic E-state index is -0.161. The third-order valence-electron chi connectivity index (χ3n) is 11.4. The van der Waals surface area contributed by atoms with Gasteiger partial charge in [0.25, 0.3) is 5.91 Å². The molecule has 1 saturated heterocycles. The fraction of sp³-hybridized carbons (Fsp3) is 0.372. The van der Waals surface area contributed by atoms with Crippen molar-refractivity contribution in [2.45, 2.75) is 63.8 Å². The number of methoxy groups -OCH3 is 2. The molecule has 1 saturated carbocycles.